The maximum absolute atomic E-state index is 12.7. The van der Waals surface area contributed by atoms with E-state index >= 15 is 0 Å². The predicted octanol–water partition coefficient (Wildman–Crippen LogP) is 2.38. The fraction of sp³-hybridized carbons (Fsp3) is 0.250. The van der Waals surface area contributed by atoms with Crippen LogP contribution in [-0.2, 0) is 16.0 Å². The number of nitriles is 1. The van der Waals surface area contributed by atoms with Crippen LogP contribution in [0.3, 0.4) is 0 Å². The highest BCUT2D eigenvalue weighted by molar-refractivity contribution is 6.04. The minimum absolute atomic E-state index is 0.265. The zero-order valence-corrected chi connectivity index (χ0v) is 16.0. The highest BCUT2D eigenvalue weighted by Crippen LogP contribution is 2.21. The average Bonchev–Trinajstić information content (AvgIpc) is 3.09. The van der Waals surface area contributed by atoms with Gasteiger partial charge in [0.1, 0.15) is 5.52 Å². The molecule has 1 aromatic carbocycles. The summed E-state index contributed by atoms with van der Waals surface area (Å²) in [4.78, 5) is 33.2. The lowest BCUT2D eigenvalue weighted by molar-refractivity contribution is 0.0600. The van der Waals surface area contributed by atoms with Crippen LogP contribution in [0.1, 0.15) is 32.7 Å². The van der Waals surface area contributed by atoms with Gasteiger partial charge in [-0.2, -0.15) is 5.26 Å². The normalized spacial score (nSPS) is 10.5. The number of nitrogens with one attached hydrogen (secondary N) is 1. The quantitative estimate of drug-likeness (QED) is 0.483. The number of carbonyl (C=O) groups excluding carboxylic acids is 2. The van der Waals surface area contributed by atoms with E-state index in [-0.39, 0.29) is 11.5 Å². The van der Waals surface area contributed by atoms with Gasteiger partial charge in [-0.25, -0.2) is 14.8 Å². The van der Waals surface area contributed by atoms with Gasteiger partial charge < -0.3 is 9.47 Å². The van der Waals surface area contributed by atoms with Crippen LogP contribution in [0.25, 0.3) is 11.2 Å². The number of aryl methyl sites for hydroxylation is 1. The third kappa shape index (κ3) is 4.39. The highest BCUT2D eigenvalue weighted by atomic mass is 16.5. The standard InChI is InChI=1S/C20H19N5O4/c1-28-8-4-7-25-17-16(10-15(12-22-17)19(27)29-2)23-20(25)24-18(26)14-6-3-5-13(9-14)11-21/h3,5-6,9-10,12H,4,7-8H2,1-2H3,(H,23,24,26). The van der Waals surface area contributed by atoms with Gasteiger partial charge in [-0.3, -0.25) is 14.7 Å². The lowest BCUT2D eigenvalue weighted by Crippen LogP contribution is -2.16. The number of pyridine rings is 1. The zero-order valence-electron chi connectivity index (χ0n) is 16.0. The summed E-state index contributed by atoms with van der Waals surface area (Å²) in [5.74, 6) is -0.635. The van der Waals surface area contributed by atoms with Gasteiger partial charge >= 0.3 is 5.97 Å². The van der Waals surface area contributed by atoms with Gasteiger partial charge in [0, 0.05) is 32.0 Å². The molecule has 0 saturated carbocycles. The van der Waals surface area contributed by atoms with Crippen LogP contribution >= 0.6 is 0 Å². The van der Waals surface area contributed by atoms with E-state index in [1.165, 1.54) is 19.4 Å². The van der Waals surface area contributed by atoms with Crippen molar-refractivity contribution in [2.45, 2.75) is 13.0 Å². The third-order valence-electron chi connectivity index (χ3n) is 4.22. The molecule has 2 aromatic heterocycles. The van der Waals surface area contributed by atoms with Gasteiger partial charge in [-0.05, 0) is 30.7 Å². The summed E-state index contributed by atoms with van der Waals surface area (Å²) >= 11 is 0. The molecule has 0 fully saturated rings. The van der Waals surface area contributed by atoms with Gasteiger partial charge in [0.25, 0.3) is 5.91 Å². The van der Waals surface area contributed by atoms with Crippen molar-refractivity contribution in [1.29, 1.82) is 5.26 Å². The number of esters is 1. The number of fused-ring (bicyclic) bond motifs is 1. The van der Waals surface area contributed by atoms with Crippen LogP contribution in [0.15, 0.2) is 36.5 Å². The minimum Gasteiger partial charge on any atom is -0.465 e. The first-order chi connectivity index (χ1) is 14.1. The molecule has 0 aliphatic rings. The number of ether oxygens (including phenoxy) is 2. The van der Waals surface area contributed by atoms with E-state index in [1.54, 1.807) is 35.9 Å². The van der Waals surface area contributed by atoms with Crippen molar-refractivity contribution in [2.75, 3.05) is 26.1 Å². The van der Waals surface area contributed by atoms with E-state index in [2.05, 4.69) is 15.3 Å². The highest BCUT2D eigenvalue weighted by Gasteiger charge is 2.17. The molecule has 3 rings (SSSR count). The van der Waals surface area contributed by atoms with Gasteiger partial charge in [0.15, 0.2) is 5.65 Å². The monoisotopic (exact) mass is 393 g/mol. The van der Waals surface area contributed by atoms with E-state index in [9.17, 15) is 9.59 Å². The molecule has 9 heteroatoms. The molecule has 0 bridgehead atoms. The zero-order chi connectivity index (χ0) is 20.8. The van der Waals surface area contributed by atoms with Gasteiger partial charge in [-0.15, -0.1) is 0 Å². The number of hydrogen-bond donors (Lipinski definition) is 1. The molecule has 29 heavy (non-hydrogen) atoms. The summed E-state index contributed by atoms with van der Waals surface area (Å²) in [6, 6.07) is 9.94. The smallest absolute Gasteiger partial charge is 0.339 e. The van der Waals surface area contributed by atoms with Crippen LogP contribution in [0, 0.1) is 11.3 Å². The number of methoxy groups -OCH3 is 2. The lowest BCUT2D eigenvalue weighted by Gasteiger charge is -2.09. The summed E-state index contributed by atoms with van der Waals surface area (Å²) in [5, 5.41) is 11.8. The molecule has 0 aliphatic carbocycles. The molecule has 3 aromatic rings. The van der Waals surface area contributed by atoms with Crippen molar-refractivity contribution in [1.82, 2.24) is 14.5 Å². The van der Waals surface area contributed by atoms with E-state index < -0.39 is 11.9 Å². The maximum atomic E-state index is 12.7. The Bertz CT molecular complexity index is 1100. The van der Waals surface area contributed by atoms with E-state index in [0.29, 0.717) is 41.9 Å². The van der Waals surface area contributed by atoms with Gasteiger partial charge in [0.05, 0.1) is 24.3 Å². The minimum atomic E-state index is -0.521. The molecule has 9 nitrogen and oxygen atoms in total. The second kappa shape index (κ2) is 8.95. The van der Waals surface area contributed by atoms with E-state index in [0.717, 1.165) is 0 Å². The van der Waals surface area contributed by atoms with Crippen LogP contribution in [0.4, 0.5) is 5.95 Å². The van der Waals surface area contributed by atoms with Crippen molar-refractivity contribution in [2.24, 2.45) is 0 Å². The largest absolute Gasteiger partial charge is 0.465 e. The number of anilines is 1. The van der Waals surface area contributed by atoms with Crippen molar-refractivity contribution in [3.63, 3.8) is 0 Å². The molecule has 0 spiro atoms. The molecule has 148 valence electrons. The number of imidazole rings is 1. The third-order valence-corrected chi connectivity index (χ3v) is 4.22. The Kier molecular flexibility index (Phi) is 6.16. The maximum Gasteiger partial charge on any atom is 0.339 e. The second-order valence-electron chi connectivity index (χ2n) is 6.14. The van der Waals surface area contributed by atoms with E-state index in [4.69, 9.17) is 14.7 Å². The van der Waals surface area contributed by atoms with Crippen molar-refractivity contribution in [3.8, 4) is 6.07 Å². The molecule has 0 unspecified atom stereocenters. The number of carbonyl (C=O) groups is 2. The summed E-state index contributed by atoms with van der Waals surface area (Å²) in [7, 11) is 2.90. The first-order valence-electron chi connectivity index (χ1n) is 8.82. The fourth-order valence-corrected chi connectivity index (χ4v) is 2.82. The number of hydrogen-bond acceptors (Lipinski definition) is 7. The Morgan fingerprint density at radius 2 is 2.07 bits per heavy atom. The Hall–Kier alpha value is -3.77. The van der Waals surface area contributed by atoms with Gasteiger partial charge in [-0.1, -0.05) is 6.07 Å². The molecule has 1 N–H and O–H groups in total. The molecule has 1 amide bonds. The number of amides is 1. The predicted molar refractivity (Wildman–Crippen MR) is 104 cm³/mol. The Morgan fingerprint density at radius 1 is 1.24 bits per heavy atom. The fourth-order valence-electron chi connectivity index (χ4n) is 2.82. The molecule has 2 heterocycles. The van der Waals surface area contributed by atoms with Crippen LogP contribution in [-0.4, -0.2) is 47.2 Å². The summed E-state index contributed by atoms with van der Waals surface area (Å²) in [5.41, 5.74) is 1.96. The first kappa shape index (κ1) is 20.0. The lowest BCUT2D eigenvalue weighted by atomic mass is 10.1. The molecule has 0 saturated heterocycles. The number of benzene rings is 1. The summed E-state index contributed by atoms with van der Waals surface area (Å²) in [6.07, 6.45) is 2.08. The van der Waals surface area contributed by atoms with Crippen LogP contribution in [0.2, 0.25) is 0 Å². The summed E-state index contributed by atoms with van der Waals surface area (Å²) in [6.45, 7) is 1.03. The second-order valence-corrected chi connectivity index (χ2v) is 6.14. The van der Waals surface area contributed by atoms with Crippen LogP contribution in [0.5, 0.6) is 0 Å². The molecular weight excluding hydrogens is 374 g/mol. The first-order valence-corrected chi connectivity index (χ1v) is 8.82. The van der Waals surface area contributed by atoms with Crippen molar-refractivity contribution < 1.29 is 19.1 Å². The summed E-state index contributed by atoms with van der Waals surface area (Å²) < 4.78 is 11.6. The van der Waals surface area contributed by atoms with Crippen molar-refractivity contribution in [3.05, 3.63) is 53.2 Å². The van der Waals surface area contributed by atoms with Crippen LogP contribution < -0.4 is 5.32 Å². The SMILES string of the molecule is COCCCn1c(NC(=O)c2cccc(C#N)c2)nc2cc(C(=O)OC)cnc21. The van der Waals surface area contributed by atoms with Gasteiger partial charge in [0.2, 0.25) is 5.95 Å². The Balaban J connectivity index is 1.97. The number of nitrogens with zero attached hydrogens (tertiary/aromatic N) is 4. The number of rotatable bonds is 7. The van der Waals surface area contributed by atoms with Crippen molar-refractivity contribution >= 4 is 29.0 Å². The molecule has 0 atom stereocenters. The molecular formula is C20H19N5O4. The average molecular weight is 393 g/mol. The Morgan fingerprint density at radius 3 is 2.79 bits per heavy atom. The topological polar surface area (TPSA) is 119 Å². The number of aromatic nitrogens is 3. The Labute approximate surface area is 166 Å². The van der Waals surface area contributed by atoms with E-state index in [1.807, 2.05) is 6.07 Å². The molecule has 0 aliphatic heterocycles. The molecule has 0 radical (unpaired) electrons.